The minimum absolute atomic E-state index is 0.0872. The van der Waals surface area contributed by atoms with Crippen LogP contribution in [0, 0.1) is 0 Å². The number of phenolic OH excluding ortho intramolecular Hbond substituents is 1. The lowest BCUT2D eigenvalue weighted by molar-refractivity contribution is -0.153. The summed E-state index contributed by atoms with van der Waals surface area (Å²) in [6.07, 6.45) is 0. The molecule has 2 aromatic rings. The number of halogens is 2. The largest absolute Gasteiger partial charge is 0.508 e. The number of hydrogen-bond donors (Lipinski definition) is 2. The van der Waals surface area contributed by atoms with Crippen LogP contribution in [-0.4, -0.2) is 27.0 Å². The molecule has 134 valence electrons. The van der Waals surface area contributed by atoms with Crippen molar-refractivity contribution in [2.75, 3.05) is 0 Å². The Kier molecular flexibility index (Phi) is 6.49. The third kappa shape index (κ3) is 4.97. The van der Waals surface area contributed by atoms with Crippen LogP contribution in [0.2, 0.25) is 10.0 Å². The van der Waals surface area contributed by atoms with E-state index in [0.717, 1.165) is 5.56 Å². The van der Waals surface area contributed by atoms with Crippen LogP contribution in [0.4, 0.5) is 0 Å². The lowest BCUT2D eigenvalue weighted by Crippen LogP contribution is -2.49. The van der Waals surface area contributed by atoms with Crippen molar-refractivity contribution in [3.05, 3.63) is 58.1 Å². The number of rotatable bonds is 7. The molecule has 0 aliphatic heterocycles. The van der Waals surface area contributed by atoms with E-state index in [1.165, 1.54) is 43.0 Å². The van der Waals surface area contributed by atoms with Crippen molar-refractivity contribution < 1.29 is 19.7 Å². The van der Waals surface area contributed by atoms with Crippen LogP contribution in [0.1, 0.15) is 19.4 Å². The second-order valence-electron chi connectivity index (χ2n) is 5.70. The number of ether oxygens (including phenoxy) is 1. The molecule has 0 radical (unpaired) electrons. The summed E-state index contributed by atoms with van der Waals surface area (Å²) in [5.41, 5.74) is -0.569. The van der Waals surface area contributed by atoms with E-state index in [4.69, 9.17) is 27.9 Å². The predicted octanol–water partition coefficient (Wildman–Crippen LogP) is 5.24. The van der Waals surface area contributed by atoms with Crippen LogP contribution < -0.4 is 4.74 Å². The molecule has 0 aromatic heterocycles. The molecule has 0 saturated heterocycles. The van der Waals surface area contributed by atoms with Crippen molar-refractivity contribution in [2.45, 2.75) is 30.5 Å². The van der Waals surface area contributed by atoms with Gasteiger partial charge in [0.15, 0.2) is 0 Å². The van der Waals surface area contributed by atoms with Crippen molar-refractivity contribution in [3.8, 4) is 11.5 Å². The Hall–Kier alpha value is -1.56. The summed E-state index contributed by atoms with van der Waals surface area (Å²) >= 11 is 13.5. The Bertz CT molecular complexity index is 751. The molecule has 0 aliphatic carbocycles. The first-order valence-electron chi connectivity index (χ1n) is 7.49. The van der Waals surface area contributed by atoms with Gasteiger partial charge in [-0.25, -0.2) is 4.79 Å². The maximum atomic E-state index is 11.8. The SMILES string of the molecule is CC(SCc1ccc(Cl)cc1Cl)C(C)(Oc1ccc(O)cc1)C(=O)O. The Morgan fingerprint density at radius 2 is 1.88 bits per heavy atom. The molecular weight excluding hydrogens is 383 g/mol. The molecule has 4 nitrogen and oxygen atoms in total. The van der Waals surface area contributed by atoms with Crippen LogP contribution in [0.5, 0.6) is 11.5 Å². The molecule has 0 aliphatic rings. The molecule has 2 rings (SSSR count). The van der Waals surface area contributed by atoms with Gasteiger partial charge in [-0.15, -0.1) is 11.8 Å². The molecule has 25 heavy (non-hydrogen) atoms. The maximum Gasteiger partial charge on any atom is 0.348 e. The molecule has 2 atom stereocenters. The van der Waals surface area contributed by atoms with Gasteiger partial charge in [0.05, 0.1) is 5.25 Å². The minimum atomic E-state index is -1.44. The predicted molar refractivity (Wildman–Crippen MR) is 102 cm³/mol. The van der Waals surface area contributed by atoms with Crippen molar-refractivity contribution in [2.24, 2.45) is 0 Å². The summed E-state index contributed by atoms with van der Waals surface area (Å²) in [5.74, 6) is -0.0782. The molecule has 2 aromatic carbocycles. The molecule has 0 bridgehead atoms. The van der Waals surface area contributed by atoms with E-state index in [2.05, 4.69) is 0 Å². The molecule has 0 saturated carbocycles. The second-order valence-corrected chi connectivity index (χ2v) is 7.87. The fourth-order valence-corrected chi connectivity index (χ4v) is 3.77. The van der Waals surface area contributed by atoms with E-state index < -0.39 is 11.6 Å². The first-order chi connectivity index (χ1) is 11.7. The fourth-order valence-electron chi connectivity index (χ4n) is 2.07. The zero-order chi connectivity index (χ0) is 18.6. The highest BCUT2D eigenvalue weighted by Gasteiger charge is 2.42. The van der Waals surface area contributed by atoms with Crippen LogP contribution in [0.25, 0.3) is 0 Å². The third-order valence-corrected chi connectivity index (χ3v) is 5.89. The van der Waals surface area contributed by atoms with Gasteiger partial charge < -0.3 is 14.9 Å². The van der Waals surface area contributed by atoms with Crippen LogP contribution in [-0.2, 0) is 10.5 Å². The number of aliphatic carboxylic acids is 1. The Balaban J connectivity index is 2.12. The topological polar surface area (TPSA) is 66.8 Å². The highest BCUT2D eigenvalue weighted by Crippen LogP contribution is 2.33. The number of phenols is 1. The lowest BCUT2D eigenvalue weighted by Gasteiger charge is -2.32. The molecular formula is C18H18Cl2O4S. The number of thioether (sulfide) groups is 1. The van der Waals surface area contributed by atoms with Gasteiger partial charge in [-0.05, 0) is 55.8 Å². The van der Waals surface area contributed by atoms with Gasteiger partial charge in [-0.3, -0.25) is 0 Å². The standard InChI is InChI=1S/C18H18Cl2O4S/c1-11(25-10-12-3-4-13(19)9-16(12)20)18(2,17(22)23)24-15-7-5-14(21)6-8-15/h3-9,11,21H,10H2,1-2H3,(H,22,23). The van der Waals surface area contributed by atoms with Gasteiger partial charge in [-0.1, -0.05) is 29.3 Å². The van der Waals surface area contributed by atoms with Crippen molar-refractivity contribution in [1.82, 2.24) is 0 Å². The molecule has 0 amide bonds. The van der Waals surface area contributed by atoms with Gasteiger partial charge in [0.1, 0.15) is 11.5 Å². The maximum absolute atomic E-state index is 11.8. The van der Waals surface area contributed by atoms with Crippen LogP contribution in [0.15, 0.2) is 42.5 Å². The van der Waals surface area contributed by atoms with Crippen molar-refractivity contribution >= 4 is 40.9 Å². The lowest BCUT2D eigenvalue weighted by atomic mass is 10.0. The summed E-state index contributed by atoms with van der Waals surface area (Å²) in [6.45, 7) is 3.33. The smallest absolute Gasteiger partial charge is 0.348 e. The zero-order valence-electron chi connectivity index (χ0n) is 13.7. The highest BCUT2D eigenvalue weighted by molar-refractivity contribution is 7.99. The van der Waals surface area contributed by atoms with E-state index in [-0.39, 0.29) is 11.0 Å². The van der Waals surface area contributed by atoms with E-state index in [9.17, 15) is 15.0 Å². The summed E-state index contributed by atoms with van der Waals surface area (Å²) in [5, 5.41) is 19.7. The summed E-state index contributed by atoms with van der Waals surface area (Å²) in [7, 11) is 0. The van der Waals surface area contributed by atoms with E-state index in [0.29, 0.717) is 21.5 Å². The molecule has 0 spiro atoms. The third-order valence-electron chi connectivity index (χ3n) is 3.87. The summed E-state index contributed by atoms with van der Waals surface area (Å²) in [4.78, 5) is 11.8. The van der Waals surface area contributed by atoms with Gasteiger partial charge in [0.25, 0.3) is 0 Å². The Morgan fingerprint density at radius 1 is 1.24 bits per heavy atom. The quantitative estimate of drug-likeness (QED) is 0.664. The Labute approximate surface area is 160 Å². The average Bonchev–Trinajstić information content (AvgIpc) is 2.55. The average molecular weight is 401 g/mol. The Morgan fingerprint density at radius 3 is 2.44 bits per heavy atom. The van der Waals surface area contributed by atoms with E-state index >= 15 is 0 Å². The van der Waals surface area contributed by atoms with Gasteiger partial charge >= 0.3 is 5.97 Å². The van der Waals surface area contributed by atoms with Crippen molar-refractivity contribution in [3.63, 3.8) is 0 Å². The van der Waals surface area contributed by atoms with Gasteiger partial charge in [0.2, 0.25) is 5.60 Å². The molecule has 7 heteroatoms. The second kappa shape index (κ2) is 8.21. The van der Waals surface area contributed by atoms with Crippen LogP contribution >= 0.6 is 35.0 Å². The first kappa shape index (κ1) is 19.8. The number of aromatic hydroxyl groups is 1. The summed E-state index contributed by atoms with van der Waals surface area (Å²) in [6, 6.07) is 11.2. The van der Waals surface area contributed by atoms with Crippen molar-refractivity contribution in [1.29, 1.82) is 0 Å². The van der Waals surface area contributed by atoms with Gasteiger partial charge in [0, 0.05) is 15.8 Å². The number of benzene rings is 2. The molecule has 0 heterocycles. The zero-order valence-corrected chi connectivity index (χ0v) is 16.0. The molecule has 2 unspecified atom stereocenters. The molecule has 2 N–H and O–H groups in total. The normalized spacial score (nSPS) is 14.6. The molecule has 0 fully saturated rings. The van der Waals surface area contributed by atoms with E-state index in [1.807, 2.05) is 6.07 Å². The number of carboxylic acids is 1. The van der Waals surface area contributed by atoms with Crippen LogP contribution in [0.3, 0.4) is 0 Å². The monoisotopic (exact) mass is 400 g/mol. The number of carboxylic acid groups (broad SMARTS) is 1. The fraction of sp³-hybridized carbons (Fsp3) is 0.278. The highest BCUT2D eigenvalue weighted by atomic mass is 35.5. The number of hydrogen-bond acceptors (Lipinski definition) is 4. The summed E-state index contributed by atoms with van der Waals surface area (Å²) < 4.78 is 5.73. The minimum Gasteiger partial charge on any atom is -0.508 e. The van der Waals surface area contributed by atoms with E-state index in [1.54, 1.807) is 19.1 Å². The van der Waals surface area contributed by atoms with Gasteiger partial charge in [-0.2, -0.15) is 0 Å². The first-order valence-corrected chi connectivity index (χ1v) is 9.30. The number of carbonyl (C=O) groups is 1.